The molecule has 14 heavy (non-hydrogen) atoms. The molecule has 1 rings (SSSR count). The molecular formula is C7H13NO4S2. The molecule has 1 aliphatic rings. The smallest absolute Gasteiger partial charge is 0.256 e. The van der Waals surface area contributed by atoms with Gasteiger partial charge in [0.05, 0.1) is 18.1 Å². The van der Waals surface area contributed by atoms with Gasteiger partial charge in [-0.15, -0.1) is 0 Å². The van der Waals surface area contributed by atoms with E-state index in [9.17, 15) is 8.42 Å². The number of rotatable bonds is 3. The first kappa shape index (κ1) is 11.7. The largest absolute Gasteiger partial charge is 0.469 e. The van der Waals surface area contributed by atoms with E-state index < -0.39 is 9.84 Å². The standard InChI is InChI=1S/C7H13NO4S2/c9-2-3-12-7(13)8-6-1-4-14(10,11)5-6/h6,9H,1-5H2,(H,8,13)/t6-/m1/s1. The van der Waals surface area contributed by atoms with Gasteiger partial charge in [-0.2, -0.15) is 0 Å². The van der Waals surface area contributed by atoms with Crippen LogP contribution in [0.4, 0.5) is 0 Å². The van der Waals surface area contributed by atoms with Gasteiger partial charge in [0.15, 0.2) is 9.84 Å². The van der Waals surface area contributed by atoms with E-state index in [1.54, 1.807) is 0 Å². The zero-order valence-electron chi connectivity index (χ0n) is 7.60. The van der Waals surface area contributed by atoms with Crippen LogP contribution in [0, 0.1) is 0 Å². The van der Waals surface area contributed by atoms with Gasteiger partial charge in [-0.25, -0.2) is 8.42 Å². The third-order valence-electron chi connectivity index (χ3n) is 1.88. The minimum absolute atomic E-state index is 0.106. The molecule has 1 saturated heterocycles. The Morgan fingerprint density at radius 2 is 2.36 bits per heavy atom. The fraction of sp³-hybridized carbons (Fsp3) is 0.857. The molecule has 0 radical (unpaired) electrons. The van der Waals surface area contributed by atoms with E-state index in [2.05, 4.69) is 5.32 Å². The SMILES string of the molecule is O=S1(=O)CC[C@@H](NC(=S)OCCO)C1. The Bertz CT molecular complexity index is 301. The highest BCUT2D eigenvalue weighted by Crippen LogP contribution is 2.11. The lowest BCUT2D eigenvalue weighted by molar-refractivity contribution is 0.190. The summed E-state index contributed by atoms with van der Waals surface area (Å²) in [5.74, 6) is 0.308. The van der Waals surface area contributed by atoms with Gasteiger partial charge in [0.25, 0.3) is 5.17 Å². The molecule has 0 aromatic heterocycles. The van der Waals surface area contributed by atoms with Crippen molar-refractivity contribution in [1.29, 1.82) is 0 Å². The Morgan fingerprint density at radius 1 is 1.64 bits per heavy atom. The van der Waals surface area contributed by atoms with Crippen LogP contribution in [0.1, 0.15) is 6.42 Å². The van der Waals surface area contributed by atoms with Crippen LogP contribution in [0.15, 0.2) is 0 Å². The molecule has 7 heteroatoms. The molecule has 0 amide bonds. The van der Waals surface area contributed by atoms with Crippen LogP contribution in [0.2, 0.25) is 0 Å². The maximum absolute atomic E-state index is 11.1. The highest BCUT2D eigenvalue weighted by molar-refractivity contribution is 7.91. The van der Waals surface area contributed by atoms with Crippen molar-refractivity contribution in [2.24, 2.45) is 0 Å². The second-order valence-electron chi connectivity index (χ2n) is 3.10. The quantitative estimate of drug-likeness (QED) is 0.619. The molecule has 0 aromatic rings. The number of aliphatic hydroxyl groups is 1. The number of hydrogen-bond donors (Lipinski definition) is 2. The maximum Gasteiger partial charge on any atom is 0.256 e. The Labute approximate surface area is 88.4 Å². The van der Waals surface area contributed by atoms with Gasteiger partial charge in [-0.1, -0.05) is 0 Å². The van der Waals surface area contributed by atoms with Crippen molar-refractivity contribution in [2.75, 3.05) is 24.7 Å². The predicted molar refractivity (Wildman–Crippen MR) is 55.8 cm³/mol. The lowest BCUT2D eigenvalue weighted by Crippen LogP contribution is -2.36. The number of ether oxygens (including phenoxy) is 1. The highest BCUT2D eigenvalue weighted by atomic mass is 32.2. The molecule has 0 aliphatic carbocycles. The molecule has 0 spiro atoms. The summed E-state index contributed by atoms with van der Waals surface area (Å²) < 4.78 is 27.0. The van der Waals surface area contributed by atoms with Gasteiger partial charge >= 0.3 is 0 Å². The summed E-state index contributed by atoms with van der Waals surface area (Å²) in [5.41, 5.74) is 0. The molecule has 1 fully saturated rings. The summed E-state index contributed by atoms with van der Waals surface area (Å²) in [6.07, 6.45) is 0.560. The van der Waals surface area contributed by atoms with Crippen LogP contribution < -0.4 is 5.32 Å². The molecule has 1 heterocycles. The highest BCUT2D eigenvalue weighted by Gasteiger charge is 2.28. The van der Waals surface area contributed by atoms with E-state index in [0.717, 1.165) is 0 Å². The summed E-state index contributed by atoms with van der Waals surface area (Å²) in [5, 5.41) is 11.4. The Morgan fingerprint density at radius 3 is 2.86 bits per heavy atom. The summed E-state index contributed by atoms with van der Waals surface area (Å²) in [6, 6.07) is -0.147. The van der Waals surface area contributed by atoms with Gasteiger partial charge in [0.1, 0.15) is 6.61 Å². The fourth-order valence-electron chi connectivity index (χ4n) is 1.26. The van der Waals surface area contributed by atoms with E-state index in [1.807, 2.05) is 0 Å². The van der Waals surface area contributed by atoms with Crippen LogP contribution in [-0.4, -0.2) is 49.5 Å². The zero-order chi connectivity index (χ0) is 10.6. The normalized spacial score (nSPS) is 24.5. The lowest BCUT2D eigenvalue weighted by Gasteiger charge is -2.12. The van der Waals surface area contributed by atoms with Gasteiger partial charge in [0.2, 0.25) is 0 Å². The topological polar surface area (TPSA) is 75.6 Å². The van der Waals surface area contributed by atoms with Crippen LogP contribution in [-0.2, 0) is 14.6 Å². The van der Waals surface area contributed by atoms with Gasteiger partial charge in [-0.05, 0) is 18.6 Å². The molecule has 0 unspecified atom stereocenters. The summed E-state index contributed by atoms with van der Waals surface area (Å²) in [7, 11) is -2.89. The molecule has 82 valence electrons. The van der Waals surface area contributed by atoms with Crippen molar-refractivity contribution in [3.8, 4) is 0 Å². The van der Waals surface area contributed by atoms with E-state index in [1.165, 1.54) is 0 Å². The van der Waals surface area contributed by atoms with Crippen LogP contribution in [0.25, 0.3) is 0 Å². The van der Waals surface area contributed by atoms with Crippen molar-refractivity contribution in [2.45, 2.75) is 12.5 Å². The Hall–Kier alpha value is -0.400. The van der Waals surface area contributed by atoms with Crippen molar-refractivity contribution < 1.29 is 18.3 Å². The van der Waals surface area contributed by atoms with Crippen LogP contribution >= 0.6 is 12.2 Å². The molecular weight excluding hydrogens is 226 g/mol. The van der Waals surface area contributed by atoms with E-state index in [0.29, 0.717) is 6.42 Å². The average molecular weight is 239 g/mol. The lowest BCUT2D eigenvalue weighted by atomic mass is 10.3. The second kappa shape index (κ2) is 4.90. The first-order valence-electron chi connectivity index (χ1n) is 4.28. The second-order valence-corrected chi connectivity index (χ2v) is 5.70. The minimum atomic E-state index is -2.89. The van der Waals surface area contributed by atoms with Gasteiger partial charge < -0.3 is 15.2 Å². The number of hydrogen-bond acceptors (Lipinski definition) is 5. The summed E-state index contributed by atoms with van der Waals surface area (Å²) in [4.78, 5) is 0. The van der Waals surface area contributed by atoms with Crippen LogP contribution in [0.5, 0.6) is 0 Å². The molecule has 5 nitrogen and oxygen atoms in total. The van der Waals surface area contributed by atoms with E-state index in [4.69, 9.17) is 22.1 Å². The van der Waals surface area contributed by atoms with E-state index in [-0.39, 0.29) is 35.9 Å². The minimum Gasteiger partial charge on any atom is -0.469 e. The number of nitrogens with one attached hydrogen (secondary N) is 1. The van der Waals surface area contributed by atoms with Crippen molar-refractivity contribution in [1.82, 2.24) is 5.32 Å². The van der Waals surface area contributed by atoms with Gasteiger partial charge in [-0.3, -0.25) is 0 Å². The zero-order valence-corrected chi connectivity index (χ0v) is 9.23. The number of sulfone groups is 1. The monoisotopic (exact) mass is 239 g/mol. The van der Waals surface area contributed by atoms with Gasteiger partial charge in [0, 0.05) is 6.04 Å². The van der Waals surface area contributed by atoms with Crippen LogP contribution in [0.3, 0.4) is 0 Å². The average Bonchev–Trinajstić information content (AvgIpc) is 2.42. The Kier molecular flexibility index (Phi) is 4.09. The number of aliphatic hydroxyl groups excluding tert-OH is 1. The van der Waals surface area contributed by atoms with Crippen molar-refractivity contribution in [3.05, 3.63) is 0 Å². The maximum atomic E-state index is 11.1. The molecule has 0 aromatic carbocycles. The Balaban J connectivity index is 2.29. The molecule has 1 atom stereocenters. The first-order chi connectivity index (χ1) is 6.53. The van der Waals surface area contributed by atoms with E-state index >= 15 is 0 Å². The third kappa shape index (κ3) is 3.77. The number of thiocarbonyl (C=S) groups is 1. The molecule has 0 saturated carbocycles. The van der Waals surface area contributed by atoms with Crippen molar-refractivity contribution in [3.63, 3.8) is 0 Å². The summed E-state index contributed by atoms with van der Waals surface area (Å²) in [6.45, 7) is 0.0239. The van der Waals surface area contributed by atoms with Crippen molar-refractivity contribution >= 4 is 27.2 Å². The summed E-state index contributed by atoms with van der Waals surface area (Å²) >= 11 is 4.79. The molecule has 2 N–H and O–H groups in total. The third-order valence-corrected chi connectivity index (χ3v) is 3.88. The first-order valence-corrected chi connectivity index (χ1v) is 6.51. The predicted octanol–water partition coefficient (Wildman–Crippen LogP) is -0.943. The molecule has 0 bridgehead atoms. The molecule has 1 aliphatic heterocycles. The fourth-order valence-corrected chi connectivity index (χ4v) is 3.18.